The molecule has 1 unspecified atom stereocenters. The molecule has 1 aliphatic carbocycles. The monoisotopic (exact) mass is 234 g/mol. The van der Waals surface area contributed by atoms with Crippen LogP contribution in [-0.4, -0.2) is 34.2 Å². The van der Waals surface area contributed by atoms with E-state index in [4.69, 9.17) is 0 Å². The van der Waals surface area contributed by atoms with Crippen LogP contribution in [0.15, 0.2) is 12.4 Å². The van der Waals surface area contributed by atoms with E-state index in [1.807, 2.05) is 0 Å². The van der Waals surface area contributed by atoms with Crippen LogP contribution in [0.25, 0.3) is 0 Å². The fourth-order valence-electron chi connectivity index (χ4n) is 2.19. The van der Waals surface area contributed by atoms with Crippen LogP contribution in [0.5, 0.6) is 0 Å². The van der Waals surface area contributed by atoms with Crippen LogP contribution in [0.3, 0.4) is 0 Å². The molecular weight excluding hydrogens is 220 g/mol. The molecule has 1 atom stereocenters. The summed E-state index contributed by atoms with van der Waals surface area (Å²) in [4.78, 5) is 25.4. The van der Waals surface area contributed by atoms with E-state index in [2.05, 4.69) is 10.4 Å². The molecule has 2 heterocycles. The first-order valence-electron chi connectivity index (χ1n) is 5.74. The van der Waals surface area contributed by atoms with Crippen molar-refractivity contribution in [3.8, 4) is 0 Å². The molecule has 0 aromatic carbocycles. The Balaban J connectivity index is 1.87. The molecule has 1 aromatic rings. The molecule has 6 heteroatoms. The number of piperazine rings is 1. The Labute approximate surface area is 98.6 Å². The summed E-state index contributed by atoms with van der Waals surface area (Å²) in [5.74, 6) is 0.219. The van der Waals surface area contributed by atoms with E-state index in [1.165, 1.54) is 4.90 Å². The average Bonchev–Trinajstić information content (AvgIpc) is 3.04. The normalized spacial score (nSPS) is 25.0. The number of amides is 2. The van der Waals surface area contributed by atoms with Gasteiger partial charge in [0.25, 0.3) is 0 Å². The van der Waals surface area contributed by atoms with Crippen LogP contribution in [0, 0.1) is 5.92 Å². The highest BCUT2D eigenvalue weighted by atomic mass is 16.2. The number of aryl methyl sites for hydroxylation is 1. The first kappa shape index (κ1) is 10.3. The SMILES string of the molecule is Cn1cc(N2CC(=O)NC(C3CC3)C2=O)cn1. The van der Waals surface area contributed by atoms with Gasteiger partial charge in [0.15, 0.2) is 0 Å². The van der Waals surface area contributed by atoms with Crippen molar-refractivity contribution >= 4 is 17.5 Å². The number of carbonyl (C=O) groups excluding carboxylic acids is 2. The number of hydrogen-bond donors (Lipinski definition) is 1. The summed E-state index contributed by atoms with van der Waals surface area (Å²) in [5.41, 5.74) is 0.693. The number of carbonyl (C=O) groups is 2. The number of anilines is 1. The topological polar surface area (TPSA) is 67.2 Å². The lowest BCUT2D eigenvalue weighted by atomic mass is 10.1. The molecule has 6 nitrogen and oxygen atoms in total. The molecule has 0 radical (unpaired) electrons. The molecule has 0 bridgehead atoms. The maximum Gasteiger partial charge on any atom is 0.250 e. The summed E-state index contributed by atoms with van der Waals surface area (Å²) in [6, 6.07) is -0.337. The zero-order chi connectivity index (χ0) is 12.0. The zero-order valence-electron chi connectivity index (χ0n) is 9.59. The summed E-state index contributed by atoms with van der Waals surface area (Å²) in [7, 11) is 1.79. The van der Waals surface area contributed by atoms with Crippen LogP contribution in [0.2, 0.25) is 0 Å². The van der Waals surface area contributed by atoms with Crippen molar-refractivity contribution in [2.45, 2.75) is 18.9 Å². The number of nitrogens with one attached hydrogen (secondary N) is 1. The number of hydrogen-bond acceptors (Lipinski definition) is 3. The maximum absolute atomic E-state index is 12.2. The second-order valence-corrected chi connectivity index (χ2v) is 4.68. The smallest absolute Gasteiger partial charge is 0.250 e. The lowest BCUT2D eigenvalue weighted by Crippen LogP contribution is -2.59. The molecule has 90 valence electrons. The Hall–Kier alpha value is -1.85. The molecule has 3 rings (SSSR count). The Bertz CT molecular complexity index is 478. The van der Waals surface area contributed by atoms with Gasteiger partial charge in [0, 0.05) is 13.2 Å². The van der Waals surface area contributed by atoms with Crippen molar-refractivity contribution in [2.24, 2.45) is 13.0 Å². The van der Waals surface area contributed by atoms with E-state index in [0.29, 0.717) is 11.6 Å². The van der Waals surface area contributed by atoms with Crippen LogP contribution in [0.1, 0.15) is 12.8 Å². The number of nitrogens with zero attached hydrogens (tertiary/aromatic N) is 3. The summed E-state index contributed by atoms with van der Waals surface area (Å²) in [6.07, 6.45) is 5.41. The highest BCUT2D eigenvalue weighted by Gasteiger charge is 2.43. The predicted molar refractivity (Wildman–Crippen MR) is 60.2 cm³/mol. The van der Waals surface area contributed by atoms with Gasteiger partial charge >= 0.3 is 0 Å². The van der Waals surface area contributed by atoms with Gasteiger partial charge in [0.05, 0.1) is 11.9 Å². The third-order valence-corrected chi connectivity index (χ3v) is 3.25. The van der Waals surface area contributed by atoms with Crippen molar-refractivity contribution in [3.05, 3.63) is 12.4 Å². The minimum atomic E-state index is -0.337. The van der Waals surface area contributed by atoms with E-state index in [1.54, 1.807) is 24.1 Å². The minimum Gasteiger partial charge on any atom is -0.342 e. The molecule has 2 amide bonds. The molecule has 17 heavy (non-hydrogen) atoms. The first-order valence-corrected chi connectivity index (χ1v) is 5.74. The Kier molecular flexibility index (Phi) is 2.17. The fourth-order valence-corrected chi connectivity index (χ4v) is 2.19. The lowest BCUT2D eigenvalue weighted by molar-refractivity contribution is -0.131. The van der Waals surface area contributed by atoms with Crippen molar-refractivity contribution in [1.82, 2.24) is 15.1 Å². The molecule has 1 aromatic heterocycles. The lowest BCUT2D eigenvalue weighted by Gasteiger charge is -2.31. The summed E-state index contributed by atoms with van der Waals surface area (Å²) in [5, 5.41) is 6.81. The summed E-state index contributed by atoms with van der Waals surface area (Å²) in [6.45, 7) is 0.0910. The second kappa shape index (κ2) is 3.58. The summed E-state index contributed by atoms with van der Waals surface area (Å²) < 4.78 is 1.63. The van der Waals surface area contributed by atoms with E-state index < -0.39 is 0 Å². The van der Waals surface area contributed by atoms with Gasteiger partial charge in [-0.15, -0.1) is 0 Å². The molecule has 0 spiro atoms. The minimum absolute atomic E-state index is 0.0138. The highest BCUT2D eigenvalue weighted by Crippen LogP contribution is 2.35. The second-order valence-electron chi connectivity index (χ2n) is 4.68. The van der Waals surface area contributed by atoms with Crippen molar-refractivity contribution in [2.75, 3.05) is 11.4 Å². The number of rotatable bonds is 2. The van der Waals surface area contributed by atoms with Gasteiger partial charge in [-0.25, -0.2) is 0 Å². The molecule has 1 aliphatic heterocycles. The maximum atomic E-state index is 12.2. The quantitative estimate of drug-likeness (QED) is 0.761. The number of aromatic nitrogens is 2. The molecule has 2 aliphatic rings. The van der Waals surface area contributed by atoms with Gasteiger partial charge in [0.2, 0.25) is 11.8 Å². The van der Waals surface area contributed by atoms with Crippen molar-refractivity contribution < 1.29 is 9.59 Å². The first-order chi connectivity index (χ1) is 8.15. The standard InChI is InChI=1S/C11H14N4O2/c1-14-5-8(4-12-14)15-6-9(16)13-10(11(15)17)7-2-3-7/h4-5,7,10H,2-3,6H2,1H3,(H,13,16). The Morgan fingerprint density at radius 3 is 2.76 bits per heavy atom. The Morgan fingerprint density at radius 1 is 1.41 bits per heavy atom. The molecule has 1 saturated heterocycles. The molecule has 1 saturated carbocycles. The van der Waals surface area contributed by atoms with E-state index in [-0.39, 0.29) is 24.4 Å². The average molecular weight is 234 g/mol. The fraction of sp³-hybridized carbons (Fsp3) is 0.545. The van der Waals surface area contributed by atoms with E-state index in [9.17, 15) is 9.59 Å². The third-order valence-electron chi connectivity index (χ3n) is 3.25. The van der Waals surface area contributed by atoms with Gasteiger partial charge < -0.3 is 5.32 Å². The highest BCUT2D eigenvalue weighted by molar-refractivity contribution is 6.06. The Morgan fingerprint density at radius 2 is 2.18 bits per heavy atom. The van der Waals surface area contributed by atoms with Crippen LogP contribution < -0.4 is 10.2 Å². The van der Waals surface area contributed by atoms with Gasteiger partial charge in [-0.2, -0.15) is 5.10 Å². The largest absolute Gasteiger partial charge is 0.342 e. The molecule has 1 N–H and O–H groups in total. The van der Waals surface area contributed by atoms with E-state index >= 15 is 0 Å². The van der Waals surface area contributed by atoms with Gasteiger partial charge in [0.1, 0.15) is 12.6 Å². The van der Waals surface area contributed by atoms with Crippen LogP contribution >= 0.6 is 0 Å². The predicted octanol–water partition coefficient (Wildman–Crippen LogP) is -0.339. The van der Waals surface area contributed by atoms with Gasteiger partial charge in [-0.05, 0) is 18.8 Å². The van der Waals surface area contributed by atoms with Crippen molar-refractivity contribution in [3.63, 3.8) is 0 Å². The van der Waals surface area contributed by atoms with E-state index in [0.717, 1.165) is 12.8 Å². The van der Waals surface area contributed by atoms with Crippen LogP contribution in [-0.2, 0) is 16.6 Å². The molecular formula is C11H14N4O2. The summed E-state index contributed by atoms with van der Waals surface area (Å²) >= 11 is 0. The van der Waals surface area contributed by atoms with Crippen LogP contribution in [0.4, 0.5) is 5.69 Å². The molecule has 2 fully saturated rings. The van der Waals surface area contributed by atoms with Crippen molar-refractivity contribution in [1.29, 1.82) is 0 Å². The zero-order valence-corrected chi connectivity index (χ0v) is 9.59. The van der Waals surface area contributed by atoms with Gasteiger partial charge in [-0.1, -0.05) is 0 Å². The van der Waals surface area contributed by atoms with Gasteiger partial charge in [-0.3, -0.25) is 19.2 Å². The third kappa shape index (κ3) is 1.79.